The number of amides is 4. The van der Waals surface area contributed by atoms with Crippen molar-refractivity contribution in [2.45, 2.75) is 29.5 Å². The van der Waals surface area contributed by atoms with Gasteiger partial charge >= 0.3 is 0 Å². The first-order valence-corrected chi connectivity index (χ1v) is 15.8. The largest absolute Gasteiger partial charge is 0.504 e. The van der Waals surface area contributed by atoms with Gasteiger partial charge < -0.3 is 9.84 Å². The quantitative estimate of drug-likeness (QED) is 0.182. The Morgan fingerprint density at radius 2 is 1.81 bits per heavy atom. The average Bonchev–Trinajstić information content (AvgIpc) is 3.32. The lowest BCUT2D eigenvalue weighted by atomic mass is 9.57. The lowest BCUT2D eigenvalue weighted by Gasteiger charge is -2.49. The van der Waals surface area contributed by atoms with Crippen molar-refractivity contribution in [2.75, 3.05) is 17.5 Å². The number of halogens is 4. The number of ether oxygens (including phenoxy) is 1. The van der Waals surface area contributed by atoms with Crippen LogP contribution in [-0.2, 0) is 19.2 Å². The number of rotatable bonds is 5. The maximum atomic E-state index is 14.1. The van der Waals surface area contributed by atoms with Gasteiger partial charge in [0.15, 0.2) is 21.2 Å². The van der Waals surface area contributed by atoms with Gasteiger partial charge in [-0.05, 0) is 61.1 Å². The van der Waals surface area contributed by atoms with Crippen molar-refractivity contribution < 1.29 is 29.0 Å². The van der Waals surface area contributed by atoms with Crippen LogP contribution in [0.25, 0.3) is 6.08 Å². The van der Waals surface area contributed by atoms with Crippen LogP contribution in [0.5, 0.6) is 11.5 Å². The first kappa shape index (κ1) is 30.2. The number of phenols is 1. The number of hydrogen-bond acceptors (Lipinski definition) is 6. The van der Waals surface area contributed by atoms with Crippen molar-refractivity contribution in [2.24, 2.45) is 23.7 Å². The number of hydrogen-bond donors (Lipinski definition) is 1. The number of nitrogens with zero attached hydrogens (tertiary/aromatic N) is 2. The highest BCUT2D eigenvalue weighted by Gasteiger charge is 2.75. The second-order valence-corrected chi connectivity index (χ2v) is 13.4. The summed E-state index contributed by atoms with van der Waals surface area (Å²) >= 11 is 23.9. The van der Waals surface area contributed by atoms with E-state index in [1.807, 2.05) is 13.0 Å². The Labute approximate surface area is 271 Å². The van der Waals surface area contributed by atoms with Gasteiger partial charge in [0.25, 0.3) is 11.8 Å². The van der Waals surface area contributed by atoms with E-state index in [1.54, 1.807) is 42.5 Å². The number of aryl methyl sites for hydroxylation is 1. The molecule has 0 radical (unpaired) electrons. The number of benzene rings is 2. The molecule has 0 bridgehead atoms. The monoisotopic (exact) mass is 706 g/mol. The molecule has 0 aromatic heterocycles. The Morgan fingerprint density at radius 1 is 1.07 bits per heavy atom. The highest BCUT2D eigenvalue weighted by atomic mass is 79.9. The molecule has 2 aliphatic carbocycles. The Morgan fingerprint density at radius 3 is 2.49 bits per heavy atom. The Kier molecular flexibility index (Phi) is 7.48. The number of carbonyl (C=O) groups excluding carboxylic acids is 4. The third-order valence-corrected chi connectivity index (χ3v) is 11.5. The van der Waals surface area contributed by atoms with Crippen LogP contribution >= 0.6 is 50.7 Å². The zero-order valence-corrected chi connectivity index (χ0v) is 26.9. The van der Waals surface area contributed by atoms with Crippen molar-refractivity contribution in [1.29, 1.82) is 0 Å². The fraction of sp³-hybridized carbons (Fsp3) is 0.355. The fourth-order valence-corrected chi connectivity index (χ4v) is 8.54. The van der Waals surface area contributed by atoms with Gasteiger partial charge in [0, 0.05) is 10.9 Å². The highest BCUT2D eigenvalue weighted by Crippen LogP contribution is 2.63. The van der Waals surface area contributed by atoms with Gasteiger partial charge in [-0.3, -0.25) is 24.1 Å². The van der Waals surface area contributed by atoms with Crippen LogP contribution in [-0.4, -0.2) is 55.9 Å². The van der Waals surface area contributed by atoms with Gasteiger partial charge in [0.1, 0.15) is 0 Å². The molecule has 6 atom stereocenters. The zero-order valence-electron chi connectivity index (χ0n) is 23.0. The first-order valence-electron chi connectivity index (χ1n) is 13.6. The Bertz CT molecular complexity index is 1660. The number of phenolic OH excluding ortho intramolecular Hbond substituents is 1. The molecule has 1 N–H and O–H groups in total. The van der Waals surface area contributed by atoms with Gasteiger partial charge in [0.05, 0.1) is 30.1 Å². The van der Waals surface area contributed by atoms with Crippen molar-refractivity contribution in [3.63, 3.8) is 0 Å². The summed E-state index contributed by atoms with van der Waals surface area (Å²) in [5.74, 6) is -4.86. The molecule has 2 aliphatic heterocycles. The summed E-state index contributed by atoms with van der Waals surface area (Å²) < 4.78 is 5.22. The third kappa shape index (κ3) is 4.22. The fourth-order valence-electron chi connectivity index (χ4n) is 6.98. The molecule has 2 aromatic carbocycles. The topological polar surface area (TPSA) is 104 Å². The molecule has 43 heavy (non-hydrogen) atoms. The molecule has 6 rings (SSSR count). The third-order valence-electron chi connectivity index (χ3n) is 9.17. The lowest BCUT2D eigenvalue weighted by Crippen LogP contribution is -2.60. The van der Waals surface area contributed by atoms with Crippen LogP contribution in [0.4, 0.5) is 5.69 Å². The highest BCUT2D eigenvalue weighted by molar-refractivity contribution is 9.09. The SMILES string of the molecule is COc1cc(C=CC2C3=CCC4C(=O)N(c5ccc(C)c(Cl)c5)C(=O)C4C3CC3(Cl)C(=O)N(CBr)C(=O)C23Cl)ccc1O. The van der Waals surface area contributed by atoms with Crippen LogP contribution in [0.3, 0.4) is 0 Å². The molecule has 0 spiro atoms. The normalized spacial score (nSPS) is 31.8. The molecule has 224 valence electrons. The molecule has 4 aliphatic rings. The second-order valence-electron chi connectivity index (χ2n) is 11.3. The molecular weight excluding hydrogens is 683 g/mol. The molecular formula is C31H26BrCl3N2O6. The number of allylic oxidation sites excluding steroid dienone is 3. The summed E-state index contributed by atoms with van der Waals surface area (Å²) in [5.41, 5.74) is 2.39. The summed E-state index contributed by atoms with van der Waals surface area (Å²) in [7, 11) is 1.43. The van der Waals surface area contributed by atoms with E-state index in [-0.39, 0.29) is 35.7 Å². The van der Waals surface area contributed by atoms with E-state index in [4.69, 9.17) is 39.5 Å². The molecule has 4 amide bonds. The van der Waals surface area contributed by atoms with Crippen LogP contribution in [0.15, 0.2) is 54.1 Å². The minimum atomic E-state index is -1.89. The number of fused-ring (bicyclic) bond motifs is 4. The summed E-state index contributed by atoms with van der Waals surface area (Å²) in [5, 5.41) is 10.5. The van der Waals surface area contributed by atoms with Crippen LogP contribution in [0.2, 0.25) is 5.02 Å². The number of methoxy groups -OCH3 is 1. The van der Waals surface area contributed by atoms with Crippen LogP contribution in [0, 0.1) is 30.6 Å². The maximum absolute atomic E-state index is 14.1. The van der Waals surface area contributed by atoms with E-state index in [0.29, 0.717) is 21.8 Å². The first-order chi connectivity index (χ1) is 20.4. The Balaban J connectivity index is 1.46. The molecule has 2 aromatic rings. The Hall–Kier alpha value is -2.85. The van der Waals surface area contributed by atoms with Crippen LogP contribution in [0.1, 0.15) is 24.0 Å². The molecule has 2 saturated heterocycles. The van der Waals surface area contributed by atoms with Crippen molar-refractivity contribution >= 4 is 86.1 Å². The van der Waals surface area contributed by atoms with Gasteiger partial charge in [-0.1, -0.05) is 63.5 Å². The number of aromatic hydroxyl groups is 1. The zero-order chi connectivity index (χ0) is 31.0. The van der Waals surface area contributed by atoms with Gasteiger partial charge in [-0.2, -0.15) is 0 Å². The van der Waals surface area contributed by atoms with Gasteiger partial charge in [-0.25, -0.2) is 4.90 Å². The van der Waals surface area contributed by atoms with E-state index < -0.39 is 51.1 Å². The minimum absolute atomic E-state index is 0.0413. The molecule has 6 unspecified atom stereocenters. The maximum Gasteiger partial charge on any atom is 0.254 e. The summed E-state index contributed by atoms with van der Waals surface area (Å²) in [6.07, 6.45) is 5.43. The van der Waals surface area contributed by atoms with E-state index in [2.05, 4.69) is 15.9 Å². The molecule has 3 fully saturated rings. The molecule has 2 heterocycles. The van der Waals surface area contributed by atoms with E-state index in [0.717, 1.165) is 10.5 Å². The number of alkyl halides is 3. The predicted molar refractivity (Wildman–Crippen MR) is 166 cm³/mol. The van der Waals surface area contributed by atoms with Gasteiger partial charge in [-0.15, -0.1) is 23.2 Å². The number of likely N-dealkylation sites (tertiary alicyclic amines) is 1. The van der Waals surface area contributed by atoms with E-state index in [1.165, 1.54) is 18.1 Å². The molecule has 1 saturated carbocycles. The second kappa shape index (κ2) is 10.6. The minimum Gasteiger partial charge on any atom is -0.504 e. The van der Waals surface area contributed by atoms with Gasteiger partial charge in [0.2, 0.25) is 11.8 Å². The van der Waals surface area contributed by atoms with Crippen molar-refractivity contribution in [3.05, 3.63) is 70.3 Å². The lowest BCUT2D eigenvalue weighted by molar-refractivity contribution is -0.138. The van der Waals surface area contributed by atoms with Crippen molar-refractivity contribution in [3.8, 4) is 11.5 Å². The molecule has 12 heteroatoms. The number of imide groups is 2. The van der Waals surface area contributed by atoms with E-state index >= 15 is 0 Å². The standard InChI is InChI=1S/C31H26BrCl3N2O6/c1-15-3-6-17(12-22(15)33)37-26(39)19-8-7-18-20(25(19)27(37)40)13-30(34)28(41)36(14-32)29(42)31(30,35)21(18)9-4-16-5-10-23(38)24(11-16)43-2/h3-7,9-12,19-21,25,38H,8,13-14H2,1-2H3. The number of carbonyl (C=O) groups is 4. The summed E-state index contributed by atoms with van der Waals surface area (Å²) in [6, 6.07) is 9.77. The van der Waals surface area contributed by atoms with E-state index in [9.17, 15) is 24.3 Å². The summed E-state index contributed by atoms with van der Waals surface area (Å²) in [6.45, 7) is 1.83. The van der Waals surface area contributed by atoms with Crippen molar-refractivity contribution in [1.82, 2.24) is 4.90 Å². The smallest absolute Gasteiger partial charge is 0.254 e. The number of anilines is 1. The average molecular weight is 709 g/mol. The molecule has 8 nitrogen and oxygen atoms in total. The van der Waals surface area contributed by atoms with Crippen LogP contribution < -0.4 is 9.64 Å². The predicted octanol–water partition coefficient (Wildman–Crippen LogP) is 5.82. The summed E-state index contributed by atoms with van der Waals surface area (Å²) in [4.78, 5) is 53.6.